The van der Waals surface area contributed by atoms with Gasteiger partial charge in [-0.1, -0.05) is 0 Å². The molecule has 41 heavy (non-hydrogen) atoms. The first-order valence-corrected chi connectivity index (χ1v) is 14.7. The van der Waals surface area contributed by atoms with E-state index in [1.165, 1.54) is 4.90 Å². The topological polar surface area (TPSA) is 156 Å². The standard InChI is InChI=1S/C15H25N3O3.C9H15NO3.C5H11NO/c1-14(2,3)21-13(20)17-9-6-15(10-16,11-17)18-7-4-12(19)5-8-18;1-9(2,3)13-8(12)10-5-4-7(11)6-10;7-5-1-3-6-4-2-5/h12,19H,4-9,11H2,1-3H3;4-6H2,1-3H3;5-7H,1-4H2. The lowest BCUT2D eigenvalue weighted by Gasteiger charge is -2.39. The van der Waals surface area contributed by atoms with Gasteiger partial charge in [0.05, 0.1) is 31.4 Å². The van der Waals surface area contributed by atoms with Crippen LogP contribution in [0.15, 0.2) is 0 Å². The highest BCUT2D eigenvalue weighted by Gasteiger charge is 2.46. The minimum absolute atomic E-state index is 0.0266. The predicted octanol–water partition coefficient (Wildman–Crippen LogP) is 2.27. The Hall–Kier alpha value is -2.46. The van der Waals surface area contributed by atoms with E-state index in [4.69, 9.17) is 14.6 Å². The second-order valence-electron chi connectivity index (χ2n) is 13.2. The van der Waals surface area contributed by atoms with Gasteiger partial charge in [0, 0.05) is 32.6 Å². The number of piperidine rings is 2. The molecule has 0 aromatic heterocycles. The van der Waals surface area contributed by atoms with Gasteiger partial charge in [0.15, 0.2) is 5.78 Å². The van der Waals surface area contributed by atoms with Crippen LogP contribution in [0.25, 0.3) is 0 Å². The van der Waals surface area contributed by atoms with Crippen molar-refractivity contribution in [1.82, 2.24) is 20.0 Å². The lowest BCUT2D eigenvalue weighted by molar-refractivity contribution is -0.117. The number of carbonyl (C=O) groups excluding carboxylic acids is 3. The van der Waals surface area contributed by atoms with Gasteiger partial charge in [-0.05, 0) is 86.7 Å². The highest BCUT2D eigenvalue weighted by molar-refractivity contribution is 5.87. The fraction of sp³-hybridized carbons (Fsp3) is 0.862. The molecule has 0 aliphatic carbocycles. The van der Waals surface area contributed by atoms with Crippen LogP contribution >= 0.6 is 0 Å². The summed E-state index contributed by atoms with van der Waals surface area (Å²) in [5.74, 6) is 0.103. The third kappa shape index (κ3) is 12.1. The van der Waals surface area contributed by atoms with Crippen LogP contribution in [-0.4, -0.2) is 124 Å². The minimum atomic E-state index is -0.628. The number of nitriles is 1. The number of rotatable bonds is 1. The molecule has 234 valence electrons. The van der Waals surface area contributed by atoms with Crippen molar-refractivity contribution in [2.24, 2.45) is 0 Å². The van der Waals surface area contributed by atoms with Crippen LogP contribution in [0.5, 0.6) is 0 Å². The second-order valence-corrected chi connectivity index (χ2v) is 13.2. The van der Waals surface area contributed by atoms with Gasteiger partial charge in [-0.15, -0.1) is 0 Å². The molecule has 4 rings (SSSR count). The van der Waals surface area contributed by atoms with Crippen molar-refractivity contribution in [3.8, 4) is 6.07 Å². The molecule has 2 amide bonds. The zero-order valence-corrected chi connectivity index (χ0v) is 25.8. The van der Waals surface area contributed by atoms with Crippen molar-refractivity contribution in [1.29, 1.82) is 5.26 Å². The minimum Gasteiger partial charge on any atom is -0.444 e. The fourth-order valence-electron chi connectivity index (χ4n) is 4.91. The Morgan fingerprint density at radius 2 is 1.39 bits per heavy atom. The molecule has 0 aromatic carbocycles. The van der Waals surface area contributed by atoms with Gasteiger partial charge >= 0.3 is 12.2 Å². The number of aliphatic hydroxyl groups excluding tert-OH is 2. The highest BCUT2D eigenvalue weighted by Crippen LogP contribution is 2.31. The zero-order chi connectivity index (χ0) is 30.8. The maximum absolute atomic E-state index is 12.1. The van der Waals surface area contributed by atoms with Crippen LogP contribution in [0, 0.1) is 11.3 Å². The zero-order valence-electron chi connectivity index (χ0n) is 25.8. The van der Waals surface area contributed by atoms with E-state index >= 15 is 0 Å². The molecule has 4 aliphatic heterocycles. The van der Waals surface area contributed by atoms with Crippen LogP contribution in [0.2, 0.25) is 0 Å². The number of aliphatic hydroxyl groups is 2. The van der Waals surface area contributed by atoms with Gasteiger partial charge in [-0.3, -0.25) is 9.69 Å². The second kappa shape index (κ2) is 15.1. The van der Waals surface area contributed by atoms with E-state index in [-0.39, 0.29) is 30.6 Å². The number of hydrogen-bond acceptors (Lipinski definition) is 10. The maximum atomic E-state index is 12.1. The number of hydrogen-bond donors (Lipinski definition) is 3. The van der Waals surface area contributed by atoms with Crippen LogP contribution in [0.3, 0.4) is 0 Å². The van der Waals surface area contributed by atoms with Crippen LogP contribution < -0.4 is 5.32 Å². The Kier molecular flexibility index (Phi) is 12.8. The van der Waals surface area contributed by atoms with E-state index < -0.39 is 22.8 Å². The van der Waals surface area contributed by atoms with Crippen molar-refractivity contribution in [2.75, 3.05) is 52.4 Å². The number of ether oxygens (including phenoxy) is 2. The number of nitrogens with zero attached hydrogens (tertiary/aromatic N) is 4. The average molecular weight is 582 g/mol. The van der Waals surface area contributed by atoms with Gasteiger partial charge in [0.2, 0.25) is 0 Å². The molecule has 0 aromatic rings. The normalized spacial score (nSPS) is 24.5. The Morgan fingerprint density at radius 1 is 0.878 bits per heavy atom. The molecule has 4 fully saturated rings. The predicted molar refractivity (Wildman–Crippen MR) is 153 cm³/mol. The first kappa shape index (κ1) is 34.7. The van der Waals surface area contributed by atoms with E-state index in [0.29, 0.717) is 58.4 Å². The summed E-state index contributed by atoms with van der Waals surface area (Å²) < 4.78 is 10.5. The highest BCUT2D eigenvalue weighted by atomic mass is 16.6. The Bertz CT molecular complexity index is 912. The van der Waals surface area contributed by atoms with Gasteiger partial charge in [0.25, 0.3) is 0 Å². The summed E-state index contributed by atoms with van der Waals surface area (Å²) in [5.41, 5.74) is -1.63. The molecule has 4 heterocycles. The van der Waals surface area contributed by atoms with Crippen molar-refractivity contribution in [2.45, 2.75) is 109 Å². The molecule has 12 heteroatoms. The maximum Gasteiger partial charge on any atom is 0.410 e. The van der Waals surface area contributed by atoms with Gasteiger partial charge in [0.1, 0.15) is 16.7 Å². The molecule has 1 atom stereocenters. The number of Topliss-reactive ketones (excluding diaryl/α,β-unsaturated/α-hetero) is 1. The molecule has 3 N–H and O–H groups in total. The molecule has 0 saturated carbocycles. The van der Waals surface area contributed by atoms with Crippen LogP contribution in [0.4, 0.5) is 9.59 Å². The van der Waals surface area contributed by atoms with Crippen molar-refractivity contribution in [3.05, 3.63) is 0 Å². The molecule has 0 spiro atoms. The summed E-state index contributed by atoms with van der Waals surface area (Å²) in [4.78, 5) is 39.5. The van der Waals surface area contributed by atoms with Crippen LogP contribution in [-0.2, 0) is 14.3 Å². The molecule has 0 radical (unpaired) electrons. The number of ketones is 1. The monoisotopic (exact) mass is 581 g/mol. The summed E-state index contributed by atoms with van der Waals surface area (Å²) in [5, 5.41) is 31.3. The van der Waals surface area contributed by atoms with Gasteiger partial charge < -0.3 is 34.8 Å². The summed E-state index contributed by atoms with van der Waals surface area (Å²) in [7, 11) is 0. The molecular weight excluding hydrogens is 530 g/mol. The smallest absolute Gasteiger partial charge is 0.410 e. The van der Waals surface area contributed by atoms with Crippen molar-refractivity contribution < 1.29 is 34.1 Å². The number of likely N-dealkylation sites (tertiary alicyclic amines) is 3. The summed E-state index contributed by atoms with van der Waals surface area (Å²) >= 11 is 0. The van der Waals surface area contributed by atoms with Gasteiger partial charge in [-0.2, -0.15) is 5.26 Å². The first-order valence-electron chi connectivity index (χ1n) is 14.7. The molecular formula is C29H51N5O7. The molecule has 4 saturated heterocycles. The van der Waals surface area contributed by atoms with Crippen LogP contribution in [0.1, 0.15) is 80.1 Å². The third-order valence-corrected chi connectivity index (χ3v) is 7.17. The van der Waals surface area contributed by atoms with E-state index in [9.17, 15) is 24.8 Å². The quantitative estimate of drug-likeness (QED) is 0.420. The Morgan fingerprint density at radius 3 is 1.80 bits per heavy atom. The molecule has 4 aliphatic rings. The lowest BCUT2D eigenvalue weighted by atomic mass is 9.94. The average Bonchev–Trinajstić information content (AvgIpc) is 3.51. The first-order chi connectivity index (χ1) is 19.0. The number of amides is 2. The summed E-state index contributed by atoms with van der Waals surface area (Å²) in [6, 6.07) is 2.40. The Labute approximate surface area is 244 Å². The summed E-state index contributed by atoms with van der Waals surface area (Å²) in [6.07, 6.45) is 3.31. The number of carbonyl (C=O) groups is 3. The Balaban J connectivity index is 0.000000248. The molecule has 0 bridgehead atoms. The number of nitrogens with one attached hydrogen (secondary N) is 1. The largest absolute Gasteiger partial charge is 0.444 e. The van der Waals surface area contributed by atoms with Crippen molar-refractivity contribution in [3.63, 3.8) is 0 Å². The molecule has 12 nitrogen and oxygen atoms in total. The van der Waals surface area contributed by atoms with Gasteiger partial charge in [-0.25, -0.2) is 9.59 Å². The summed E-state index contributed by atoms with van der Waals surface area (Å²) in [6.45, 7) is 15.9. The lowest BCUT2D eigenvalue weighted by Crippen LogP contribution is -2.54. The van der Waals surface area contributed by atoms with E-state index in [1.807, 2.05) is 41.5 Å². The van der Waals surface area contributed by atoms with E-state index in [0.717, 1.165) is 25.9 Å². The molecule has 1 unspecified atom stereocenters. The SMILES string of the molecule is CC(C)(C)OC(=O)N1CCC(=O)C1.CC(C)(C)OC(=O)N1CCC(C#N)(N2CCC(O)CC2)C1.OC1CCNCC1. The third-order valence-electron chi connectivity index (χ3n) is 7.17. The van der Waals surface area contributed by atoms with E-state index in [2.05, 4.69) is 16.3 Å². The van der Waals surface area contributed by atoms with E-state index in [1.54, 1.807) is 4.90 Å². The fourth-order valence-corrected chi connectivity index (χ4v) is 4.91. The van der Waals surface area contributed by atoms with Crippen molar-refractivity contribution >= 4 is 18.0 Å².